The van der Waals surface area contributed by atoms with E-state index in [1.807, 2.05) is 12.1 Å². The van der Waals surface area contributed by atoms with Gasteiger partial charge in [0.2, 0.25) is 5.91 Å². The van der Waals surface area contributed by atoms with Crippen LogP contribution in [0.25, 0.3) is 0 Å². The van der Waals surface area contributed by atoms with E-state index in [2.05, 4.69) is 31.3 Å². The molecule has 0 aliphatic carbocycles. The molecule has 0 bridgehead atoms. The highest BCUT2D eigenvalue weighted by Gasteiger charge is 2.06. The molecule has 0 saturated heterocycles. The summed E-state index contributed by atoms with van der Waals surface area (Å²) in [5.74, 6) is 1.08. The van der Waals surface area contributed by atoms with Crippen LogP contribution in [-0.4, -0.2) is 12.5 Å². The van der Waals surface area contributed by atoms with Gasteiger partial charge in [-0.2, -0.15) is 0 Å². The van der Waals surface area contributed by atoms with Gasteiger partial charge in [-0.1, -0.05) is 49.2 Å². The maximum atomic E-state index is 12.0. The van der Waals surface area contributed by atoms with Gasteiger partial charge in [0.25, 0.3) is 0 Å². The molecule has 2 rings (SSSR count). The Morgan fingerprint density at radius 2 is 1.88 bits per heavy atom. The summed E-state index contributed by atoms with van der Waals surface area (Å²) < 4.78 is 5.58. The van der Waals surface area contributed by atoms with Gasteiger partial charge in [0.1, 0.15) is 5.75 Å². The van der Waals surface area contributed by atoms with Gasteiger partial charge >= 0.3 is 0 Å². The molecule has 0 aliphatic rings. The normalized spacial score (nSPS) is 11.8. The van der Waals surface area contributed by atoms with Gasteiger partial charge in [0, 0.05) is 17.1 Å². The first-order chi connectivity index (χ1) is 12.0. The molecule has 0 radical (unpaired) electrons. The van der Waals surface area contributed by atoms with Gasteiger partial charge in [0.05, 0.1) is 11.6 Å². The van der Waals surface area contributed by atoms with E-state index in [1.54, 1.807) is 18.2 Å². The molecule has 1 N–H and O–H groups in total. The van der Waals surface area contributed by atoms with Gasteiger partial charge in [-0.05, 0) is 54.7 Å². The second-order valence-electron chi connectivity index (χ2n) is 6.01. The number of benzene rings is 2. The van der Waals surface area contributed by atoms with Crippen molar-refractivity contribution in [1.82, 2.24) is 0 Å². The minimum atomic E-state index is -0.0258. The van der Waals surface area contributed by atoms with Crippen molar-refractivity contribution in [3.8, 4) is 5.75 Å². The Morgan fingerprint density at radius 1 is 1.16 bits per heavy atom. The lowest BCUT2D eigenvalue weighted by atomic mass is 9.99. The summed E-state index contributed by atoms with van der Waals surface area (Å²) in [6, 6.07) is 13.1. The van der Waals surface area contributed by atoms with Crippen LogP contribution in [0.4, 0.5) is 5.69 Å². The van der Waals surface area contributed by atoms with E-state index >= 15 is 0 Å². The number of hydrogen-bond acceptors (Lipinski definition) is 2. The molecule has 2 aromatic rings. The number of amides is 1. The zero-order chi connectivity index (χ0) is 18.2. The molecular weight excluding hydrogens is 357 g/mol. The summed E-state index contributed by atoms with van der Waals surface area (Å²) in [5.41, 5.74) is 2.10. The van der Waals surface area contributed by atoms with E-state index in [0.717, 1.165) is 12.1 Å². The molecule has 3 nitrogen and oxygen atoms in total. The molecule has 0 unspecified atom stereocenters. The Labute approximate surface area is 159 Å². The summed E-state index contributed by atoms with van der Waals surface area (Å²) in [7, 11) is 0. The van der Waals surface area contributed by atoms with Crippen molar-refractivity contribution >= 4 is 34.8 Å². The topological polar surface area (TPSA) is 38.3 Å². The number of hydrogen-bond donors (Lipinski definition) is 1. The lowest BCUT2D eigenvalue weighted by Crippen LogP contribution is -2.12. The Balaban J connectivity index is 1.73. The molecule has 0 saturated carbocycles. The number of anilines is 1. The molecule has 0 fully saturated rings. The first-order valence-electron chi connectivity index (χ1n) is 8.47. The third-order valence-corrected chi connectivity index (χ3v) is 4.61. The fourth-order valence-electron chi connectivity index (χ4n) is 2.36. The van der Waals surface area contributed by atoms with Crippen molar-refractivity contribution in [2.24, 2.45) is 0 Å². The monoisotopic (exact) mass is 379 g/mol. The minimum absolute atomic E-state index is 0.0258. The van der Waals surface area contributed by atoms with Gasteiger partial charge in [-0.25, -0.2) is 0 Å². The number of carbonyl (C=O) groups is 1. The third-order valence-electron chi connectivity index (χ3n) is 4.08. The highest BCUT2D eigenvalue weighted by Crippen LogP contribution is 2.27. The van der Waals surface area contributed by atoms with Crippen LogP contribution in [0, 0.1) is 0 Å². The van der Waals surface area contributed by atoms with E-state index in [-0.39, 0.29) is 5.91 Å². The van der Waals surface area contributed by atoms with Crippen molar-refractivity contribution in [3.05, 3.63) is 58.1 Å². The number of halogens is 2. The Kier molecular flexibility index (Phi) is 7.60. The summed E-state index contributed by atoms with van der Waals surface area (Å²) in [4.78, 5) is 12.0. The number of carbonyl (C=O) groups excluding carboxylic acids is 1. The standard InChI is InChI=1S/C20H23Cl2NO2/c1-3-14(2)15-6-9-17(10-7-15)23-20(24)5-4-12-25-19-11-8-16(21)13-18(19)22/h6-11,13-14H,3-5,12H2,1-2H3,(H,23,24)/t14-/m1/s1. The van der Waals surface area contributed by atoms with Gasteiger partial charge < -0.3 is 10.1 Å². The minimum Gasteiger partial charge on any atom is -0.492 e. The molecular formula is C20H23Cl2NO2. The van der Waals surface area contributed by atoms with Crippen molar-refractivity contribution in [2.75, 3.05) is 11.9 Å². The maximum Gasteiger partial charge on any atom is 0.224 e. The van der Waals surface area contributed by atoms with Crippen LogP contribution in [0.2, 0.25) is 10.0 Å². The molecule has 2 aromatic carbocycles. The van der Waals surface area contributed by atoms with Crippen molar-refractivity contribution in [1.29, 1.82) is 0 Å². The van der Waals surface area contributed by atoms with Crippen molar-refractivity contribution < 1.29 is 9.53 Å². The quantitative estimate of drug-likeness (QED) is 0.546. The second kappa shape index (κ2) is 9.69. The number of ether oxygens (including phenoxy) is 1. The average Bonchev–Trinajstić information content (AvgIpc) is 2.60. The summed E-state index contributed by atoms with van der Waals surface area (Å²) >= 11 is 11.9. The molecule has 0 spiro atoms. The molecule has 1 amide bonds. The van der Waals surface area contributed by atoms with Crippen LogP contribution in [0.1, 0.15) is 44.6 Å². The van der Waals surface area contributed by atoms with Crippen LogP contribution in [-0.2, 0) is 4.79 Å². The number of nitrogens with one attached hydrogen (secondary N) is 1. The lowest BCUT2D eigenvalue weighted by Gasteiger charge is -2.11. The summed E-state index contributed by atoms with van der Waals surface area (Å²) in [6.07, 6.45) is 2.09. The van der Waals surface area contributed by atoms with Crippen LogP contribution in [0.3, 0.4) is 0 Å². The average molecular weight is 380 g/mol. The smallest absolute Gasteiger partial charge is 0.224 e. The molecule has 134 valence electrons. The van der Waals surface area contributed by atoms with Crippen molar-refractivity contribution in [3.63, 3.8) is 0 Å². The molecule has 25 heavy (non-hydrogen) atoms. The number of rotatable bonds is 8. The van der Waals surface area contributed by atoms with E-state index in [1.165, 1.54) is 5.56 Å². The van der Waals surface area contributed by atoms with Crippen LogP contribution in [0.15, 0.2) is 42.5 Å². The van der Waals surface area contributed by atoms with Gasteiger partial charge in [-0.3, -0.25) is 4.79 Å². The summed E-state index contributed by atoms with van der Waals surface area (Å²) in [5, 5.41) is 3.94. The van der Waals surface area contributed by atoms with Crippen LogP contribution in [0.5, 0.6) is 5.75 Å². The SMILES string of the molecule is CC[C@@H](C)c1ccc(NC(=O)CCCOc2ccc(Cl)cc2Cl)cc1. The fourth-order valence-corrected chi connectivity index (χ4v) is 2.82. The molecule has 0 heterocycles. The van der Waals surface area contributed by atoms with Gasteiger partial charge in [0.15, 0.2) is 0 Å². The highest BCUT2D eigenvalue weighted by atomic mass is 35.5. The largest absolute Gasteiger partial charge is 0.492 e. The Morgan fingerprint density at radius 3 is 2.52 bits per heavy atom. The second-order valence-corrected chi connectivity index (χ2v) is 6.85. The predicted octanol–water partition coefficient (Wildman–Crippen LogP) is 6.30. The first kappa shape index (κ1) is 19.6. The van der Waals surface area contributed by atoms with Crippen molar-refractivity contribution in [2.45, 2.75) is 39.0 Å². The third kappa shape index (κ3) is 6.26. The highest BCUT2D eigenvalue weighted by molar-refractivity contribution is 6.35. The molecule has 0 aromatic heterocycles. The van der Waals surface area contributed by atoms with E-state index in [9.17, 15) is 4.79 Å². The summed E-state index contributed by atoms with van der Waals surface area (Å²) in [6.45, 7) is 4.78. The Bertz CT molecular complexity index is 701. The first-order valence-corrected chi connectivity index (χ1v) is 9.23. The van der Waals surface area contributed by atoms with Crippen LogP contribution < -0.4 is 10.1 Å². The molecule has 1 atom stereocenters. The van der Waals surface area contributed by atoms with E-state index in [0.29, 0.717) is 41.2 Å². The predicted molar refractivity (Wildman–Crippen MR) is 105 cm³/mol. The Hall–Kier alpha value is -1.71. The van der Waals surface area contributed by atoms with E-state index in [4.69, 9.17) is 27.9 Å². The molecule has 5 heteroatoms. The van der Waals surface area contributed by atoms with Crippen LogP contribution >= 0.6 is 23.2 Å². The molecule has 0 aliphatic heterocycles. The van der Waals surface area contributed by atoms with E-state index < -0.39 is 0 Å². The fraction of sp³-hybridized carbons (Fsp3) is 0.350. The van der Waals surface area contributed by atoms with Gasteiger partial charge in [-0.15, -0.1) is 0 Å². The maximum absolute atomic E-state index is 12.0. The zero-order valence-corrected chi connectivity index (χ0v) is 16.0. The zero-order valence-electron chi connectivity index (χ0n) is 14.5. The lowest BCUT2D eigenvalue weighted by molar-refractivity contribution is -0.116.